The van der Waals surface area contributed by atoms with E-state index in [1.54, 1.807) is 0 Å². The number of amides is 2. The van der Waals surface area contributed by atoms with Crippen LogP contribution in [0.1, 0.15) is 24.8 Å². The van der Waals surface area contributed by atoms with E-state index in [1.807, 2.05) is 4.90 Å². The van der Waals surface area contributed by atoms with Crippen LogP contribution in [0.3, 0.4) is 0 Å². The summed E-state index contributed by atoms with van der Waals surface area (Å²) >= 11 is 0. The van der Waals surface area contributed by atoms with Crippen LogP contribution >= 0.6 is 0 Å². The highest BCUT2D eigenvalue weighted by Crippen LogP contribution is 2.30. The number of aromatic nitrogens is 1. The number of benzene rings is 1. The van der Waals surface area contributed by atoms with E-state index >= 15 is 0 Å². The van der Waals surface area contributed by atoms with Crippen LogP contribution in [0.4, 0.5) is 4.79 Å². The van der Waals surface area contributed by atoms with Crippen LogP contribution in [-0.4, -0.2) is 34.6 Å². The molecule has 1 saturated carbocycles. The van der Waals surface area contributed by atoms with E-state index in [0.29, 0.717) is 12.6 Å². The molecule has 2 aliphatic rings. The molecule has 4 rings (SSSR count). The molecule has 22 heavy (non-hydrogen) atoms. The third kappa shape index (κ3) is 2.39. The van der Waals surface area contributed by atoms with Gasteiger partial charge in [-0.05, 0) is 30.9 Å². The van der Waals surface area contributed by atoms with E-state index in [9.17, 15) is 4.79 Å². The molecule has 0 radical (unpaired) electrons. The number of urea groups is 1. The predicted molar refractivity (Wildman–Crippen MR) is 88.6 cm³/mol. The molecule has 4 nitrogen and oxygen atoms in total. The van der Waals surface area contributed by atoms with Gasteiger partial charge >= 0.3 is 6.03 Å². The zero-order valence-corrected chi connectivity index (χ0v) is 12.9. The van der Waals surface area contributed by atoms with Gasteiger partial charge in [0.25, 0.3) is 0 Å². The average molecular weight is 295 g/mol. The van der Waals surface area contributed by atoms with Crippen molar-refractivity contribution in [3.8, 4) is 0 Å². The smallest absolute Gasteiger partial charge is 0.317 e. The summed E-state index contributed by atoms with van der Waals surface area (Å²) in [6.07, 6.45) is 7.60. The zero-order valence-electron chi connectivity index (χ0n) is 12.9. The third-order valence-corrected chi connectivity index (χ3v) is 4.64. The van der Waals surface area contributed by atoms with Gasteiger partial charge in [-0.2, -0.15) is 0 Å². The molecule has 0 bridgehead atoms. The van der Waals surface area contributed by atoms with Crippen LogP contribution in [-0.2, 0) is 7.05 Å². The van der Waals surface area contributed by atoms with Gasteiger partial charge < -0.3 is 14.8 Å². The molecule has 1 N–H and O–H groups in total. The maximum absolute atomic E-state index is 12.1. The second kappa shape index (κ2) is 5.20. The Morgan fingerprint density at radius 3 is 2.82 bits per heavy atom. The molecule has 1 aliphatic carbocycles. The number of hydrogen-bond acceptors (Lipinski definition) is 1. The fraction of sp³-hybridized carbons (Fsp3) is 0.389. The van der Waals surface area contributed by atoms with Crippen molar-refractivity contribution in [3.63, 3.8) is 0 Å². The number of fused-ring (bicyclic) bond motifs is 1. The Hall–Kier alpha value is -2.23. The lowest BCUT2D eigenvalue weighted by Crippen LogP contribution is -2.42. The van der Waals surface area contributed by atoms with E-state index in [0.717, 1.165) is 25.8 Å². The van der Waals surface area contributed by atoms with Crippen LogP contribution in [0.25, 0.3) is 16.5 Å². The number of nitrogens with zero attached hydrogens (tertiary/aromatic N) is 2. The van der Waals surface area contributed by atoms with Crippen molar-refractivity contribution in [1.82, 2.24) is 14.8 Å². The molecule has 1 aromatic carbocycles. The van der Waals surface area contributed by atoms with E-state index < -0.39 is 0 Å². The summed E-state index contributed by atoms with van der Waals surface area (Å²) in [5, 5.41) is 4.36. The highest BCUT2D eigenvalue weighted by molar-refractivity contribution is 5.93. The molecule has 2 amide bonds. The number of carbonyl (C=O) groups excluding carboxylic acids is 1. The number of para-hydroxylation sites is 1. The molecular formula is C18H21N3O. The van der Waals surface area contributed by atoms with Gasteiger partial charge in [-0.25, -0.2) is 4.79 Å². The van der Waals surface area contributed by atoms with Gasteiger partial charge in [-0.15, -0.1) is 0 Å². The number of aryl methyl sites for hydroxylation is 1. The maximum atomic E-state index is 12.1. The molecule has 2 aromatic rings. The van der Waals surface area contributed by atoms with Gasteiger partial charge in [0.15, 0.2) is 0 Å². The van der Waals surface area contributed by atoms with Crippen LogP contribution in [0.5, 0.6) is 0 Å². The lowest BCUT2D eigenvalue weighted by molar-refractivity contribution is 0.202. The van der Waals surface area contributed by atoms with Crippen molar-refractivity contribution < 1.29 is 4.79 Å². The Balaban J connectivity index is 1.55. The first-order valence-electron chi connectivity index (χ1n) is 8.01. The van der Waals surface area contributed by atoms with Gasteiger partial charge in [0, 0.05) is 48.8 Å². The summed E-state index contributed by atoms with van der Waals surface area (Å²) in [6.45, 7) is 1.50. The lowest BCUT2D eigenvalue weighted by atomic mass is 9.99. The molecule has 1 aliphatic heterocycles. The molecular weight excluding hydrogens is 274 g/mol. The first-order valence-corrected chi connectivity index (χ1v) is 8.01. The van der Waals surface area contributed by atoms with Crippen LogP contribution < -0.4 is 5.32 Å². The average Bonchev–Trinajstić information content (AvgIpc) is 3.30. The van der Waals surface area contributed by atoms with E-state index in [-0.39, 0.29) is 6.03 Å². The normalized spacial score (nSPS) is 18.4. The molecule has 4 heteroatoms. The van der Waals surface area contributed by atoms with Gasteiger partial charge in [0.1, 0.15) is 0 Å². The minimum atomic E-state index is 0.0933. The quantitative estimate of drug-likeness (QED) is 0.908. The van der Waals surface area contributed by atoms with E-state index in [2.05, 4.69) is 53.5 Å². The highest BCUT2D eigenvalue weighted by Gasteiger charge is 2.26. The number of carbonyl (C=O) groups is 1. The minimum absolute atomic E-state index is 0.0933. The lowest BCUT2D eigenvalue weighted by Gasteiger charge is -2.26. The van der Waals surface area contributed by atoms with Crippen molar-refractivity contribution in [1.29, 1.82) is 0 Å². The predicted octanol–water partition coefficient (Wildman–Crippen LogP) is 3.14. The van der Waals surface area contributed by atoms with Gasteiger partial charge in [-0.1, -0.05) is 24.3 Å². The number of rotatable bonds is 2. The second-order valence-electron chi connectivity index (χ2n) is 6.32. The number of hydrogen-bond donors (Lipinski definition) is 1. The number of nitrogens with one attached hydrogen (secondary N) is 1. The summed E-state index contributed by atoms with van der Waals surface area (Å²) in [5.41, 5.74) is 3.92. The Morgan fingerprint density at radius 1 is 1.27 bits per heavy atom. The zero-order chi connectivity index (χ0) is 15.1. The maximum Gasteiger partial charge on any atom is 0.317 e. The van der Waals surface area contributed by atoms with Crippen molar-refractivity contribution in [2.45, 2.75) is 25.3 Å². The Kier molecular flexibility index (Phi) is 3.17. The van der Waals surface area contributed by atoms with Crippen LogP contribution in [0, 0.1) is 0 Å². The second-order valence-corrected chi connectivity index (χ2v) is 6.32. The summed E-state index contributed by atoms with van der Waals surface area (Å²) in [5.74, 6) is 0. The van der Waals surface area contributed by atoms with E-state index in [1.165, 1.54) is 22.0 Å². The minimum Gasteiger partial charge on any atom is -0.350 e. The summed E-state index contributed by atoms with van der Waals surface area (Å²) < 4.78 is 2.18. The molecule has 0 unspecified atom stereocenters. The van der Waals surface area contributed by atoms with Crippen molar-refractivity contribution in [2.75, 3.05) is 13.1 Å². The molecule has 114 valence electrons. The fourth-order valence-electron chi connectivity index (χ4n) is 3.19. The first kappa shape index (κ1) is 13.4. The Labute approximate surface area is 130 Å². The standard InChI is InChI=1S/C18H21N3O/c1-20-12-16(15-4-2-3-5-17(15)20)13-8-10-21(11-9-13)18(22)19-14-6-7-14/h2-5,8,12,14H,6-7,9-11H2,1H3,(H,19,22). The molecule has 2 heterocycles. The first-order chi connectivity index (χ1) is 10.7. The Morgan fingerprint density at radius 2 is 2.09 bits per heavy atom. The third-order valence-electron chi connectivity index (χ3n) is 4.64. The summed E-state index contributed by atoms with van der Waals surface area (Å²) in [7, 11) is 2.09. The monoisotopic (exact) mass is 295 g/mol. The molecule has 0 atom stereocenters. The van der Waals surface area contributed by atoms with Gasteiger partial charge in [0.2, 0.25) is 0 Å². The SMILES string of the molecule is Cn1cc(C2=CCN(C(=O)NC3CC3)CC2)c2ccccc21. The Bertz CT molecular complexity index is 755. The molecule has 1 fully saturated rings. The fourth-order valence-corrected chi connectivity index (χ4v) is 3.19. The van der Waals surface area contributed by atoms with E-state index in [4.69, 9.17) is 0 Å². The topological polar surface area (TPSA) is 37.3 Å². The van der Waals surface area contributed by atoms with Gasteiger partial charge in [-0.3, -0.25) is 0 Å². The molecule has 1 aromatic heterocycles. The summed E-state index contributed by atoms with van der Waals surface area (Å²) in [4.78, 5) is 14.0. The van der Waals surface area contributed by atoms with Crippen molar-refractivity contribution in [2.24, 2.45) is 7.05 Å². The molecule has 0 spiro atoms. The highest BCUT2D eigenvalue weighted by atomic mass is 16.2. The largest absolute Gasteiger partial charge is 0.350 e. The molecule has 0 saturated heterocycles. The van der Waals surface area contributed by atoms with Crippen molar-refractivity contribution >= 4 is 22.5 Å². The summed E-state index contributed by atoms with van der Waals surface area (Å²) in [6, 6.07) is 9.01. The van der Waals surface area contributed by atoms with Gasteiger partial charge in [0.05, 0.1) is 0 Å². The van der Waals surface area contributed by atoms with Crippen LogP contribution in [0.15, 0.2) is 36.5 Å². The van der Waals surface area contributed by atoms with Crippen molar-refractivity contribution in [3.05, 3.63) is 42.1 Å². The van der Waals surface area contributed by atoms with Crippen LogP contribution in [0.2, 0.25) is 0 Å².